The molecule has 0 saturated carbocycles. The van der Waals surface area contributed by atoms with Gasteiger partial charge in [-0.05, 0) is 42.5 Å². The lowest BCUT2D eigenvalue weighted by atomic mass is 10.2. The van der Waals surface area contributed by atoms with Crippen molar-refractivity contribution in [2.75, 3.05) is 11.1 Å². The topological polar surface area (TPSA) is 126 Å². The number of nitrogens with one attached hydrogen (secondary N) is 3. The number of aromatic nitrogens is 5. The lowest BCUT2D eigenvalue weighted by Gasteiger charge is -2.12. The van der Waals surface area contributed by atoms with Crippen molar-refractivity contribution in [2.45, 2.75) is 17.8 Å². The largest absolute Gasteiger partial charge is 0.416 e. The Morgan fingerprint density at radius 2 is 1.78 bits per heavy atom. The summed E-state index contributed by atoms with van der Waals surface area (Å²) >= 11 is 6.84. The number of carbonyl (C=O) groups excluding carboxylic acids is 1. The molecule has 0 fully saturated rings. The fourth-order valence-corrected chi connectivity index (χ4v) is 4.19. The van der Waals surface area contributed by atoms with E-state index < -0.39 is 34.7 Å². The van der Waals surface area contributed by atoms with Gasteiger partial charge < -0.3 is 10.3 Å². The molecule has 4 aromatic rings. The molecule has 0 aliphatic heterocycles. The third-order valence-electron chi connectivity index (χ3n) is 4.85. The van der Waals surface area contributed by atoms with Gasteiger partial charge in [-0.3, -0.25) is 19.1 Å². The van der Waals surface area contributed by atoms with Crippen molar-refractivity contribution in [1.82, 2.24) is 24.7 Å². The Kier molecular flexibility index (Phi) is 7.50. The molecule has 3 N–H and O–H groups in total. The van der Waals surface area contributed by atoms with Crippen molar-refractivity contribution < 1.29 is 22.4 Å². The number of thioether (sulfide) groups is 1. The summed E-state index contributed by atoms with van der Waals surface area (Å²) in [5, 5.41) is 10.6. The third-order valence-corrected chi connectivity index (χ3v) is 6.11. The quantitative estimate of drug-likeness (QED) is 0.236. The molecular formula is C22H15ClF4N6O3S. The average Bonchev–Trinajstić information content (AvgIpc) is 3.20. The van der Waals surface area contributed by atoms with E-state index in [1.807, 2.05) is 0 Å². The Balaban J connectivity index is 1.58. The molecule has 192 valence electrons. The molecule has 0 atom stereocenters. The summed E-state index contributed by atoms with van der Waals surface area (Å²) < 4.78 is 54.0. The van der Waals surface area contributed by atoms with Crippen molar-refractivity contribution in [2.24, 2.45) is 0 Å². The molecule has 1 amide bonds. The normalized spacial score (nSPS) is 11.5. The van der Waals surface area contributed by atoms with Crippen molar-refractivity contribution >= 4 is 35.0 Å². The average molecular weight is 555 g/mol. The smallest absolute Gasteiger partial charge is 0.324 e. The second-order valence-corrected chi connectivity index (χ2v) is 8.88. The predicted molar refractivity (Wildman–Crippen MR) is 128 cm³/mol. The number of hydrogen-bond donors (Lipinski definition) is 3. The van der Waals surface area contributed by atoms with Gasteiger partial charge in [-0.2, -0.15) is 13.2 Å². The van der Waals surface area contributed by atoms with Gasteiger partial charge in [0.15, 0.2) is 5.16 Å². The highest BCUT2D eigenvalue weighted by Crippen LogP contribution is 2.34. The Hall–Kier alpha value is -3.91. The van der Waals surface area contributed by atoms with E-state index in [1.54, 1.807) is 0 Å². The van der Waals surface area contributed by atoms with Crippen LogP contribution >= 0.6 is 23.4 Å². The van der Waals surface area contributed by atoms with Gasteiger partial charge in [-0.25, -0.2) is 9.18 Å². The highest BCUT2D eigenvalue weighted by molar-refractivity contribution is 7.99. The number of aromatic amines is 2. The van der Waals surface area contributed by atoms with Crippen LogP contribution in [-0.4, -0.2) is 36.4 Å². The van der Waals surface area contributed by atoms with Gasteiger partial charge in [-0.15, -0.1) is 10.2 Å². The monoisotopic (exact) mass is 554 g/mol. The number of hydrogen-bond acceptors (Lipinski definition) is 6. The molecule has 0 radical (unpaired) electrons. The first-order chi connectivity index (χ1) is 17.5. The maximum absolute atomic E-state index is 13.5. The van der Waals surface area contributed by atoms with Crippen LogP contribution in [-0.2, 0) is 17.4 Å². The van der Waals surface area contributed by atoms with E-state index >= 15 is 0 Å². The van der Waals surface area contributed by atoms with Crippen LogP contribution in [0.1, 0.15) is 17.1 Å². The van der Waals surface area contributed by atoms with Crippen LogP contribution < -0.4 is 16.6 Å². The molecule has 0 aliphatic rings. The van der Waals surface area contributed by atoms with Crippen LogP contribution in [0.4, 0.5) is 23.2 Å². The molecule has 15 heteroatoms. The van der Waals surface area contributed by atoms with Crippen LogP contribution in [0, 0.1) is 5.82 Å². The maximum Gasteiger partial charge on any atom is 0.416 e. The zero-order chi connectivity index (χ0) is 26.7. The molecule has 9 nitrogen and oxygen atoms in total. The van der Waals surface area contributed by atoms with E-state index in [4.69, 9.17) is 11.6 Å². The minimum Gasteiger partial charge on any atom is -0.324 e. The minimum atomic E-state index is -4.62. The van der Waals surface area contributed by atoms with E-state index in [2.05, 4.69) is 25.5 Å². The van der Waals surface area contributed by atoms with Crippen LogP contribution in [0.5, 0.6) is 0 Å². The standard InChI is InChI=1S/C22H15ClF4N6O3S/c23-15-6-1-11(22(25,26)27)7-16(15)29-19(35)10-37-21-32-31-17(8-13-9-18(34)30-20(36)28-13)33(21)14-4-2-12(24)3-5-14/h1-7,9H,8,10H2,(H,29,35)(H2,28,30,34,36). The summed E-state index contributed by atoms with van der Waals surface area (Å²) in [6, 6.07) is 9.01. The number of halogens is 5. The van der Waals surface area contributed by atoms with E-state index in [1.165, 1.54) is 34.9 Å². The van der Waals surface area contributed by atoms with Gasteiger partial charge in [0.05, 0.1) is 22.0 Å². The van der Waals surface area contributed by atoms with E-state index in [-0.39, 0.29) is 39.6 Å². The molecule has 4 rings (SSSR count). The predicted octanol–water partition coefficient (Wildman–Crippen LogP) is 3.78. The number of anilines is 1. The molecule has 37 heavy (non-hydrogen) atoms. The molecule has 0 aliphatic carbocycles. The van der Waals surface area contributed by atoms with Crippen molar-refractivity contribution in [3.05, 3.63) is 97.3 Å². The first-order valence-electron chi connectivity index (χ1n) is 10.3. The summed E-state index contributed by atoms with van der Waals surface area (Å²) in [6.45, 7) is 0. The Morgan fingerprint density at radius 3 is 2.46 bits per heavy atom. The zero-order valence-corrected chi connectivity index (χ0v) is 20.0. The van der Waals surface area contributed by atoms with Gasteiger partial charge in [0.25, 0.3) is 5.56 Å². The molecule has 2 aromatic carbocycles. The number of H-pyrrole nitrogens is 2. The summed E-state index contributed by atoms with van der Waals surface area (Å²) in [5.41, 5.74) is -1.85. The summed E-state index contributed by atoms with van der Waals surface area (Å²) in [7, 11) is 0. The first-order valence-corrected chi connectivity index (χ1v) is 11.7. The third kappa shape index (κ3) is 6.46. The lowest BCUT2D eigenvalue weighted by Crippen LogP contribution is -2.23. The zero-order valence-electron chi connectivity index (χ0n) is 18.4. The number of carbonyl (C=O) groups is 1. The molecule has 0 unspecified atom stereocenters. The Labute approximate surface area is 213 Å². The van der Waals surface area contributed by atoms with Gasteiger partial charge >= 0.3 is 11.9 Å². The maximum atomic E-state index is 13.5. The molecule has 2 aromatic heterocycles. The summed E-state index contributed by atoms with van der Waals surface area (Å²) in [4.78, 5) is 40.3. The minimum absolute atomic E-state index is 0.0316. The van der Waals surface area contributed by atoms with E-state index in [9.17, 15) is 31.9 Å². The summed E-state index contributed by atoms with van der Waals surface area (Å²) in [5.74, 6) is -1.19. The SMILES string of the molecule is O=C(CSc1nnc(Cc2cc(=O)[nH]c(=O)[nH]2)n1-c1ccc(F)cc1)Nc1cc(C(F)(F)F)ccc1Cl. The van der Waals surface area contributed by atoms with Crippen molar-refractivity contribution in [3.8, 4) is 5.69 Å². The Morgan fingerprint density at radius 1 is 1.05 bits per heavy atom. The molecule has 2 heterocycles. The number of nitrogens with zero attached hydrogens (tertiary/aromatic N) is 3. The van der Waals surface area contributed by atoms with Gasteiger partial charge in [0, 0.05) is 23.9 Å². The number of alkyl halides is 3. The van der Waals surface area contributed by atoms with E-state index in [0.29, 0.717) is 5.69 Å². The lowest BCUT2D eigenvalue weighted by molar-refractivity contribution is -0.137. The molecule has 0 spiro atoms. The number of rotatable bonds is 7. The van der Waals surface area contributed by atoms with E-state index in [0.717, 1.165) is 30.0 Å². The van der Waals surface area contributed by atoms with Gasteiger partial charge in [-0.1, -0.05) is 23.4 Å². The van der Waals surface area contributed by atoms with Gasteiger partial charge in [0.2, 0.25) is 5.91 Å². The molecule has 0 saturated heterocycles. The fraction of sp³-hybridized carbons (Fsp3) is 0.136. The fourth-order valence-electron chi connectivity index (χ4n) is 3.26. The highest BCUT2D eigenvalue weighted by atomic mass is 35.5. The van der Waals surface area contributed by atoms with Crippen molar-refractivity contribution in [1.29, 1.82) is 0 Å². The summed E-state index contributed by atoms with van der Waals surface area (Å²) in [6.07, 6.45) is -4.65. The number of benzene rings is 2. The highest BCUT2D eigenvalue weighted by Gasteiger charge is 2.31. The first kappa shape index (κ1) is 26.2. The Bertz CT molecular complexity index is 1540. The van der Waals surface area contributed by atoms with Crippen LogP contribution in [0.15, 0.2) is 63.3 Å². The van der Waals surface area contributed by atoms with Crippen LogP contribution in [0.2, 0.25) is 5.02 Å². The molecule has 0 bridgehead atoms. The van der Waals surface area contributed by atoms with Crippen molar-refractivity contribution in [3.63, 3.8) is 0 Å². The van der Waals surface area contributed by atoms with Crippen LogP contribution in [0.3, 0.4) is 0 Å². The molecular weight excluding hydrogens is 540 g/mol. The number of amides is 1. The van der Waals surface area contributed by atoms with Crippen LogP contribution in [0.25, 0.3) is 5.69 Å². The second-order valence-electron chi connectivity index (χ2n) is 7.53. The van der Waals surface area contributed by atoms with Gasteiger partial charge in [0.1, 0.15) is 11.6 Å². The second kappa shape index (κ2) is 10.6.